The molecule has 0 aliphatic carbocycles. The number of rotatable bonds is 4. The largest absolute Gasteiger partial charge is 0.304 e. The molecule has 0 aliphatic rings. The summed E-state index contributed by atoms with van der Waals surface area (Å²) < 4.78 is 14.3. The van der Waals surface area contributed by atoms with E-state index in [1.54, 1.807) is 12.1 Å². The molecule has 0 saturated carbocycles. The smallest absolute Gasteiger partial charge is 0.141 e. The van der Waals surface area contributed by atoms with Crippen LogP contribution < -0.4 is 5.32 Å². The van der Waals surface area contributed by atoms with E-state index in [2.05, 4.69) is 34.2 Å². The van der Waals surface area contributed by atoms with Gasteiger partial charge in [-0.25, -0.2) is 4.39 Å². The Balaban J connectivity index is 2.13. The van der Waals surface area contributed by atoms with Crippen molar-refractivity contribution in [2.75, 3.05) is 0 Å². The highest BCUT2D eigenvalue weighted by atomic mass is 79.9. The zero-order valence-electron chi connectivity index (χ0n) is 11.3. The lowest BCUT2D eigenvalue weighted by Gasteiger charge is -2.22. The van der Waals surface area contributed by atoms with E-state index in [-0.39, 0.29) is 22.9 Å². The summed E-state index contributed by atoms with van der Waals surface area (Å²) in [7, 11) is 0. The molecule has 1 nitrogen and oxygen atoms in total. The van der Waals surface area contributed by atoms with Crippen LogP contribution >= 0.6 is 27.5 Å². The molecular weight excluding hydrogens is 341 g/mol. The van der Waals surface area contributed by atoms with Crippen molar-refractivity contribution < 1.29 is 4.39 Å². The minimum Gasteiger partial charge on any atom is -0.304 e. The molecule has 2 unspecified atom stereocenters. The zero-order chi connectivity index (χ0) is 14.7. The molecule has 2 aromatic rings. The topological polar surface area (TPSA) is 12.0 Å². The molecule has 4 heteroatoms. The number of hydrogen-bond donors (Lipinski definition) is 1. The second kappa shape index (κ2) is 6.70. The highest BCUT2D eigenvalue weighted by Crippen LogP contribution is 2.26. The quantitative estimate of drug-likeness (QED) is 0.746. The molecule has 20 heavy (non-hydrogen) atoms. The van der Waals surface area contributed by atoms with Crippen LogP contribution in [-0.2, 0) is 0 Å². The van der Waals surface area contributed by atoms with E-state index in [1.165, 1.54) is 11.6 Å². The molecule has 0 aliphatic heterocycles. The predicted octanol–water partition coefficient (Wildman–Crippen LogP) is 5.65. The van der Waals surface area contributed by atoms with Crippen LogP contribution in [0.5, 0.6) is 0 Å². The highest BCUT2D eigenvalue weighted by molar-refractivity contribution is 9.10. The Labute approximate surface area is 132 Å². The number of hydrogen-bond acceptors (Lipinski definition) is 1. The van der Waals surface area contributed by atoms with Gasteiger partial charge in [0.05, 0.1) is 5.02 Å². The van der Waals surface area contributed by atoms with Crippen molar-refractivity contribution in [2.24, 2.45) is 0 Å². The average Bonchev–Trinajstić information content (AvgIpc) is 2.42. The monoisotopic (exact) mass is 355 g/mol. The third kappa shape index (κ3) is 3.60. The lowest BCUT2D eigenvalue weighted by Crippen LogP contribution is -2.22. The summed E-state index contributed by atoms with van der Waals surface area (Å²) in [4.78, 5) is 0. The SMILES string of the molecule is CC(NC(C)c1ccccc1Br)c1ccc(F)c(Cl)c1. The summed E-state index contributed by atoms with van der Waals surface area (Å²) in [6.45, 7) is 4.14. The van der Waals surface area contributed by atoms with Gasteiger partial charge in [0, 0.05) is 16.6 Å². The van der Waals surface area contributed by atoms with Gasteiger partial charge in [0.2, 0.25) is 0 Å². The van der Waals surface area contributed by atoms with Gasteiger partial charge in [-0.1, -0.05) is 51.8 Å². The Kier molecular flexibility index (Phi) is 5.19. The Morgan fingerprint density at radius 3 is 2.45 bits per heavy atom. The molecule has 2 rings (SSSR count). The first-order valence-electron chi connectivity index (χ1n) is 6.44. The fraction of sp³-hybridized carbons (Fsp3) is 0.250. The van der Waals surface area contributed by atoms with Crippen LogP contribution in [0.2, 0.25) is 5.02 Å². The molecule has 0 fully saturated rings. The molecular formula is C16H16BrClFN. The Morgan fingerprint density at radius 1 is 1.10 bits per heavy atom. The first-order chi connectivity index (χ1) is 9.49. The molecule has 1 N–H and O–H groups in total. The fourth-order valence-corrected chi connectivity index (χ4v) is 2.99. The van der Waals surface area contributed by atoms with Gasteiger partial charge >= 0.3 is 0 Å². The maximum atomic E-state index is 13.2. The van der Waals surface area contributed by atoms with Crippen molar-refractivity contribution in [1.82, 2.24) is 5.32 Å². The molecule has 106 valence electrons. The van der Waals surface area contributed by atoms with Crippen LogP contribution in [0.25, 0.3) is 0 Å². The van der Waals surface area contributed by atoms with Crippen molar-refractivity contribution in [3.63, 3.8) is 0 Å². The first kappa shape index (κ1) is 15.5. The van der Waals surface area contributed by atoms with Gasteiger partial charge in [-0.3, -0.25) is 0 Å². The van der Waals surface area contributed by atoms with Gasteiger partial charge in [0.25, 0.3) is 0 Å². The minimum atomic E-state index is -0.388. The van der Waals surface area contributed by atoms with E-state index in [0.29, 0.717) is 0 Å². The minimum absolute atomic E-state index is 0.0789. The van der Waals surface area contributed by atoms with E-state index >= 15 is 0 Å². The molecule has 0 spiro atoms. The van der Waals surface area contributed by atoms with E-state index in [0.717, 1.165) is 10.0 Å². The Hall–Kier alpha value is -0.900. The lowest BCUT2D eigenvalue weighted by molar-refractivity contribution is 0.492. The summed E-state index contributed by atoms with van der Waals surface area (Å²) in [5.41, 5.74) is 2.16. The van der Waals surface area contributed by atoms with E-state index < -0.39 is 0 Å². The van der Waals surface area contributed by atoms with Crippen LogP contribution in [0.15, 0.2) is 46.9 Å². The van der Waals surface area contributed by atoms with Crippen molar-refractivity contribution in [3.05, 3.63) is 68.9 Å². The first-order valence-corrected chi connectivity index (χ1v) is 7.61. The van der Waals surface area contributed by atoms with Gasteiger partial charge in [-0.15, -0.1) is 0 Å². The number of halogens is 3. The van der Waals surface area contributed by atoms with Crippen molar-refractivity contribution in [1.29, 1.82) is 0 Å². The average molecular weight is 357 g/mol. The standard InChI is InChI=1S/C16H16BrClFN/c1-10(12-7-8-16(19)15(18)9-12)20-11(2)13-5-3-4-6-14(13)17/h3-11,20H,1-2H3. The Bertz CT molecular complexity index is 603. The molecule has 0 saturated heterocycles. The van der Waals surface area contributed by atoms with Crippen LogP contribution in [0.1, 0.15) is 37.1 Å². The Morgan fingerprint density at radius 2 is 1.80 bits per heavy atom. The normalized spacial score (nSPS) is 14.1. The predicted molar refractivity (Wildman–Crippen MR) is 85.5 cm³/mol. The molecule has 0 heterocycles. The maximum Gasteiger partial charge on any atom is 0.141 e. The van der Waals surface area contributed by atoms with Crippen molar-refractivity contribution >= 4 is 27.5 Å². The number of benzene rings is 2. The van der Waals surface area contributed by atoms with Crippen molar-refractivity contribution in [3.8, 4) is 0 Å². The summed E-state index contributed by atoms with van der Waals surface area (Å²) >= 11 is 9.38. The fourth-order valence-electron chi connectivity index (χ4n) is 2.17. The van der Waals surface area contributed by atoms with E-state index in [9.17, 15) is 4.39 Å². The van der Waals surface area contributed by atoms with Gasteiger partial charge in [0.15, 0.2) is 0 Å². The van der Waals surface area contributed by atoms with E-state index in [4.69, 9.17) is 11.6 Å². The van der Waals surface area contributed by atoms with E-state index in [1.807, 2.05) is 25.1 Å². The molecule has 0 bridgehead atoms. The molecule has 2 atom stereocenters. The molecule has 0 amide bonds. The maximum absolute atomic E-state index is 13.2. The third-order valence-corrected chi connectivity index (χ3v) is 4.33. The van der Waals surface area contributed by atoms with Gasteiger partial charge < -0.3 is 5.32 Å². The van der Waals surface area contributed by atoms with Crippen LogP contribution in [0.3, 0.4) is 0 Å². The van der Waals surface area contributed by atoms with Crippen LogP contribution in [0.4, 0.5) is 4.39 Å². The lowest BCUT2D eigenvalue weighted by atomic mass is 10.0. The second-order valence-electron chi connectivity index (χ2n) is 4.81. The molecule has 0 aromatic heterocycles. The van der Waals surface area contributed by atoms with Crippen LogP contribution in [-0.4, -0.2) is 0 Å². The van der Waals surface area contributed by atoms with Gasteiger partial charge in [-0.2, -0.15) is 0 Å². The number of nitrogens with one attached hydrogen (secondary N) is 1. The van der Waals surface area contributed by atoms with Gasteiger partial charge in [0.1, 0.15) is 5.82 Å². The summed E-state index contributed by atoms with van der Waals surface area (Å²) in [5.74, 6) is -0.388. The highest BCUT2D eigenvalue weighted by Gasteiger charge is 2.14. The third-order valence-electron chi connectivity index (χ3n) is 3.32. The van der Waals surface area contributed by atoms with Crippen molar-refractivity contribution in [2.45, 2.75) is 25.9 Å². The second-order valence-corrected chi connectivity index (χ2v) is 6.07. The van der Waals surface area contributed by atoms with Crippen LogP contribution in [0, 0.1) is 5.82 Å². The molecule has 0 radical (unpaired) electrons. The van der Waals surface area contributed by atoms with Gasteiger partial charge in [-0.05, 0) is 43.2 Å². The summed E-state index contributed by atoms with van der Waals surface area (Å²) in [5, 5.41) is 3.65. The summed E-state index contributed by atoms with van der Waals surface area (Å²) in [6.07, 6.45) is 0. The summed E-state index contributed by atoms with van der Waals surface area (Å²) in [6, 6.07) is 13.2. The zero-order valence-corrected chi connectivity index (χ0v) is 13.7. The molecule has 2 aromatic carbocycles.